The number of carbonyl (C=O) groups excluding carboxylic acids is 2. The van der Waals surface area contributed by atoms with Gasteiger partial charge < -0.3 is 21.1 Å². The van der Waals surface area contributed by atoms with Crippen LogP contribution in [0.3, 0.4) is 0 Å². The lowest BCUT2D eigenvalue weighted by atomic mass is 9.99. The van der Waals surface area contributed by atoms with Crippen molar-refractivity contribution in [3.63, 3.8) is 0 Å². The van der Waals surface area contributed by atoms with Crippen molar-refractivity contribution >= 4 is 23.6 Å². The van der Waals surface area contributed by atoms with Crippen LogP contribution in [0.2, 0.25) is 0 Å². The number of amides is 2. The fourth-order valence-electron chi connectivity index (χ4n) is 3.74. The van der Waals surface area contributed by atoms with Gasteiger partial charge in [-0.3, -0.25) is 14.4 Å². The molecule has 1 heterocycles. The van der Waals surface area contributed by atoms with Crippen LogP contribution in [0.4, 0.5) is 5.82 Å². The molecule has 36 heavy (non-hydrogen) atoms. The molecular weight excluding hydrogens is 456 g/mol. The van der Waals surface area contributed by atoms with E-state index in [4.69, 9.17) is 0 Å². The van der Waals surface area contributed by atoms with Crippen LogP contribution in [-0.4, -0.2) is 41.0 Å². The smallest absolute Gasteiger partial charge is 0.305 e. The third-order valence-electron chi connectivity index (χ3n) is 5.63. The Morgan fingerprint density at radius 3 is 2.33 bits per heavy atom. The maximum Gasteiger partial charge on any atom is 0.305 e. The first kappa shape index (κ1) is 26.4. The molecule has 0 aliphatic heterocycles. The Hall–Kier alpha value is -4.20. The molecule has 4 N–H and O–H groups in total. The van der Waals surface area contributed by atoms with Gasteiger partial charge in [-0.2, -0.15) is 0 Å². The van der Waals surface area contributed by atoms with Gasteiger partial charge in [-0.15, -0.1) is 0 Å². The van der Waals surface area contributed by atoms with E-state index in [1.54, 1.807) is 6.20 Å². The number of benzene rings is 2. The maximum atomic E-state index is 12.4. The SMILES string of the molecule is Cc1ccnc(NCCCCC(=O)NCC(=O)NC(CC(=O)O)c2ccc(-c3ccccc3)cc2)c1. The zero-order valence-electron chi connectivity index (χ0n) is 20.4. The lowest BCUT2D eigenvalue weighted by molar-refractivity contribution is -0.138. The first-order valence-corrected chi connectivity index (χ1v) is 12.0. The van der Waals surface area contributed by atoms with E-state index in [2.05, 4.69) is 20.9 Å². The largest absolute Gasteiger partial charge is 0.481 e. The summed E-state index contributed by atoms with van der Waals surface area (Å²) in [6.45, 7) is 2.49. The van der Waals surface area contributed by atoms with Gasteiger partial charge in [0.2, 0.25) is 11.8 Å². The number of carbonyl (C=O) groups is 3. The maximum absolute atomic E-state index is 12.4. The number of anilines is 1. The monoisotopic (exact) mass is 488 g/mol. The van der Waals surface area contributed by atoms with Crippen LogP contribution in [0, 0.1) is 6.92 Å². The van der Waals surface area contributed by atoms with Crippen molar-refractivity contribution in [3.8, 4) is 11.1 Å². The molecule has 3 rings (SSSR count). The molecule has 0 bridgehead atoms. The van der Waals surface area contributed by atoms with Crippen LogP contribution >= 0.6 is 0 Å². The van der Waals surface area contributed by atoms with Gasteiger partial charge in [0.1, 0.15) is 5.82 Å². The summed E-state index contributed by atoms with van der Waals surface area (Å²) in [6.07, 6.45) is 3.25. The third kappa shape index (κ3) is 8.87. The van der Waals surface area contributed by atoms with Gasteiger partial charge in [-0.25, -0.2) is 4.98 Å². The summed E-state index contributed by atoms with van der Waals surface area (Å²) in [5.74, 6) is -0.873. The van der Waals surface area contributed by atoms with Crippen molar-refractivity contribution in [1.82, 2.24) is 15.6 Å². The normalized spacial score (nSPS) is 11.4. The minimum absolute atomic E-state index is 0.206. The average molecular weight is 489 g/mol. The Balaban J connectivity index is 1.42. The van der Waals surface area contributed by atoms with Crippen molar-refractivity contribution in [2.24, 2.45) is 0 Å². The van der Waals surface area contributed by atoms with Gasteiger partial charge in [0.15, 0.2) is 0 Å². The molecular formula is C28H32N4O4. The molecule has 1 unspecified atom stereocenters. The van der Waals surface area contributed by atoms with Gasteiger partial charge in [-0.05, 0) is 54.2 Å². The van der Waals surface area contributed by atoms with Crippen LogP contribution in [0.25, 0.3) is 11.1 Å². The lowest BCUT2D eigenvalue weighted by Crippen LogP contribution is -2.39. The number of carboxylic acids is 1. The molecule has 1 atom stereocenters. The average Bonchev–Trinajstić information content (AvgIpc) is 2.87. The predicted molar refractivity (Wildman–Crippen MR) is 139 cm³/mol. The van der Waals surface area contributed by atoms with Crippen molar-refractivity contribution < 1.29 is 19.5 Å². The summed E-state index contributed by atoms with van der Waals surface area (Å²) in [7, 11) is 0. The Bertz CT molecular complexity index is 1150. The molecule has 2 aromatic carbocycles. The number of aliphatic carboxylic acids is 1. The summed E-state index contributed by atoms with van der Waals surface area (Å²) in [5, 5.41) is 17.9. The predicted octanol–water partition coefficient (Wildman–Crippen LogP) is 4.09. The van der Waals surface area contributed by atoms with Crippen LogP contribution in [0.1, 0.15) is 42.9 Å². The van der Waals surface area contributed by atoms with Crippen molar-refractivity contribution in [2.45, 2.75) is 38.6 Å². The van der Waals surface area contributed by atoms with Gasteiger partial charge >= 0.3 is 5.97 Å². The summed E-state index contributed by atoms with van der Waals surface area (Å²) in [6, 6.07) is 20.4. The lowest BCUT2D eigenvalue weighted by Gasteiger charge is -2.18. The molecule has 8 nitrogen and oxygen atoms in total. The van der Waals surface area contributed by atoms with E-state index in [1.807, 2.05) is 73.7 Å². The number of nitrogens with zero attached hydrogens (tertiary/aromatic N) is 1. The summed E-state index contributed by atoms with van der Waals surface area (Å²) in [5.41, 5.74) is 3.86. The van der Waals surface area contributed by atoms with Gasteiger partial charge in [0.25, 0.3) is 0 Å². The minimum atomic E-state index is -1.02. The van der Waals surface area contributed by atoms with Crippen LogP contribution in [0.15, 0.2) is 72.9 Å². The molecule has 3 aromatic rings. The van der Waals surface area contributed by atoms with Crippen molar-refractivity contribution in [3.05, 3.63) is 84.1 Å². The molecule has 0 spiro atoms. The second-order valence-corrected chi connectivity index (χ2v) is 8.59. The second kappa shape index (κ2) is 13.6. The van der Waals surface area contributed by atoms with E-state index in [9.17, 15) is 19.5 Å². The number of hydrogen-bond acceptors (Lipinski definition) is 5. The molecule has 0 fully saturated rings. The number of carboxylic acid groups (broad SMARTS) is 1. The molecule has 0 radical (unpaired) electrons. The first-order valence-electron chi connectivity index (χ1n) is 12.0. The molecule has 2 amide bonds. The van der Waals surface area contributed by atoms with Gasteiger partial charge in [0, 0.05) is 19.2 Å². The Morgan fingerprint density at radius 2 is 1.64 bits per heavy atom. The molecule has 8 heteroatoms. The number of hydrogen-bond donors (Lipinski definition) is 4. The zero-order chi connectivity index (χ0) is 25.8. The summed E-state index contributed by atoms with van der Waals surface area (Å²) in [4.78, 5) is 40.1. The molecule has 1 aromatic heterocycles. The molecule has 0 aliphatic rings. The standard InChI is InChI=1S/C28H32N4O4/c1-20-14-16-30-25(17-20)29-15-6-5-9-26(33)31-19-27(34)32-24(18-28(35)36)23-12-10-22(11-13-23)21-7-3-2-4-8-21/h2-4,7-8,10-14,16-17,24H,5-6,9,15,18-19H2,1H3,(H,29,30)(H,31,33)(H,32,34)(H,35,36). The van der Waals surface area contributed by atoms with Crippen molar-refractivity contribution in [2.75, 3.05) is 18.4 Å². The Morgan fingerprint density at radius 1 is 0.917 bits per heavy atom. The van der Waals surface area contributed by atoms with Gasteiger partial charge in [0.05, 0.1) is 19.0 Å². The molecule has 0 aliphatic carbocycles. The Kier molecular flexibility index (Phi) is 10.00. The quantitative estimate of drug-likeness (QED) is 0.269. The molecule has 0 saturated carbocycles. The first-order chi connectivity index (χ1) is 17.4. The molecule has 0 saturated heterocycles. The number of pyridine rings is 1. The van der Waals surface area contributed by atoms with Gasteiger partial charge in [-0.1, -0.05) is 54.6 Å². The second-order valence-electron chi connectivity index (χ2n) is 8.59. The van der Waals surface area contributed by atoms with Crippen molar-refractivity contribution in [1.29, 1.82) is 0 Å². The zero-order valence-corrected chi connectivity index (χ0v) is 20.4. The summed E-state index contributed by atoms with van der Waals surface area (Å²) < 4.78 is 0. The highest BCUT2D eigenvalue weighted by molar-refractivity contribution is 5.85. The van der Waals surface area contributed by atoms with E-state index in [0.717, 1.165) is 28.9 Å². The topological polar surface area (TPSA) is 120 Å². The molecule has 188 valence electrons. The minimum Gasteiger partial charge on any atom is -0.481 e. The van der Waals surface area contributed by atoms with Crippen LogP contribution in [0.5, 0.6) is 0 Å². The van der Waals surface area contributed by atoms with Crippen LogP contribution < -0.4 is 16.0 Å². The highest BCUT2D eigenvalue weighted by Gasteiger charge is 2.18. The highest BCUT2D eigenvalue weighted by Crippen LogP contribution is 2.23. The van der Waals surface area contributed by atoms with E-state index < -0.39 is 17.9 Å². The number of rotatable bonds is 13. The summed E-state index contributed by atoms with van der Waals surface area (Å²) >= 11 is 0. The van der Waals surface area contributed by atoms with Crippen LogP contribution in [-0.2, 0) is 14.4 Å². The number of nitrogens with one attached hydrogen (secondary N) is 3. The fraction of sp³-hybridized carbons (Fsp3) is 0.286. The number of aryl methyl sites for hydroxylation is 1. The van der Waals surface area contributed by atoms with E-state index in [1.165, 1.54) is 0 Å². The number of unbranched alkanes of at least 4 members (excludes halogenated alkanes) is 1. The fourth-order valence-corrected chi connectivity index (χ4v) is 3.74. The highest BCUT2D eigenvalue weighted by atomic mass is 16.4. The number of aromatic nitrogens is 1. The van der Waals surface area contributed by atoms with E-state index in [-0.39, 0.29) is 18.9 Å². The van der Waals surface area contributed by atoms with E-state index >= 15 is 0 Å². The third-order valence-corrected chi connectivity index (χ3v) is 5.63. The van der Waals surface area contributed by atoms with E-state index in [0.29, 0.717) is 24.9 Å². The Labute approximate surface area is 211 Å².